The molecule has 0 atom stereocenters. The van der Waals surface area contributed by atoms with Gasteiger partial charge >= 0.3 is 0 Å². The average Bonchev–Trinajstić information content (AvgIpc) is 3.11. The standard InChI is InChI=1S/C24H15F2N.C3H6/c25-17-12-13-22(26)21(15-17)16-6-5-7-18(14-16)27-23-10-3-1-8-19(23)20-9-2-4-11-24(20)27;1-3-2/h1-15H;3H,1H2,2H3. The maximum Gasteiger partial charge on any atom is 0.131 e. The molecule has 5 aromatic rings. The quantitative estimate of drug-likeness (QED) is 0.267. The van der Waals surface area contributed by atoms with E-state index in [4.69, 9.17) is 0 Å². The van der Waals surface area contributed by atoms with Crippen molar-refractivity contribution in [3.8, 4) is 16.8 Å². The van der Waals surface area contributed by atoms with Crippen molar-refractivity contribution in [2.75, 3.05) is 0 Å². The van der Waals surface area contributed by atoms with Crippen LogP contribution in [0, 0.1) is 11.6 Å². The average molecular weight is 397 g/mol. The van der Waals surface area contributed by atoms with Crippen molar-refractivity contribution in [3.63, 3.8) is 0 Å². The van der Waals surface area contributed by atoms with Crippen molar-refractivity contribution in [2.24, 2.45) is 0 Å². The molecular weight excluding hydrogens is 376 g/mol. The van der Waals surface area contributed by atoms with E-state index in [-0.39, 0.29) is 5.56 Å². The summed E-state index contributed by atoms with van der Waals surface area (Å²) in [7, 11) is 0. The molecule has 0 saturated heterocycles. The summed E-state index contributed by atoms with van der Waals surface area (Å²) in [6, 6.07) is 27.5. The fraction of sp³-hybridized carbons (Fsp3) is 0.0370. The predicted octanol–water partition coefficient (Wildman–Crippen LogP) is 7.92. The first-order chi connectivity index (χ1) is 14.6. The Kier molecular flexibility index (Phi) is 5.44. The van der Waals surface area contributed by atoms with Crippen LogP contribution in [0.25, 0.3) is 38.6 Å². The zero-order valence-electron chi connectivity index (χ0n) is 16.6. The van der Waals surface area contributed by atoms with Crippen LogP contribution in [0.4, 0.5) is 8.78 Å². The summed E-state index contributed by atoms with van der Waals surface area (Å²) in [5.41, 5.74) is 3.98. The molecule has 0 saturated carbocycles. The lowest BCUT2D eigenvalue weighted by molar-refractivity contribution is 0.603. The summed E-state index contributed by atoms with van der Waals surface area (Å²) in [6.07, 6.45) is 1.75. The van der Waals surface area contributed by atoms with Crippen LogP contribution in [0.2, 0.25) is 0 Å². The molecule has 0 unspecified atom stereocenters. The minimum absolute atomic E-state index is 0.262. The lowest BCUT2D eigenvalue weighted by Gasteiger charge is -2.11. The molecule has 5 rings (SSSR count). The molecule has 1 nitrogen and oxygen atoms in total. The van der Waals surface area contributed by atoms with E-state index < -0.39 is 11.6 Å². The molecule has 3 heteroatoms. The number of aromatic nitrogens is 1. The predicted molar refractivity (Wildman–Crippen MR) is 122 cm³/mol. The van der Waals surface area contributed by atoms with Crippen LogP contribution < -0.4 is 0 Å². The molecule has 4 aromatic carbocycles. The van der Waals surface area contributed by atoms with Crippen molar-refractivity contribution in [1.82, 2.24) is 4.57 Å². The molecule has 0 radical (unpaired) electrons. The van der Waals surface area contributed by atoms with Crippen molar-refractivity contribution < 1.29 is 8.78 Å². The van der Waals surface area contributed by atoms with Gasteiger partial charge in [0.25, 0.3) is 0 Å². The molecule has 148 valence electrons. The number of nitrogens with zero attached hydrogens (tertiary/aromatic N) is 1. The lowest BCUT2D eigenvalue weighted by atomic mass is 10.0. The van der Waals surface area contributed by atoms with Gasteiger partial charge in [0.05, 0.1) is 11.0 Å². The minimum Gasteiger partial charge on any atom is -0.309 e. The minimum atomic E-state index is -0.450. The van der Waals surface area contributed by atoms with E-state index in [1.807, 2.05) is 49.4 Å². The van der Waals surface area contributed by atoms with Crippen molar-refractivity contribution >= 4 is 21.8 Å². The summed E-state index contributed by atoms with van der Waals surface area (Å²) in [4.78, 5) is 0. The van der Waals surface area contributed by atoms with Crippen molar-refractivity contribution in [2.45, 2.75) is 6.92 Å². The highest BCUT2D eigenvalue weighted by molar-refractivity contribution is 6.09. The Bertz CT molecular complexity index is 1290. The fourth-order valence-corrected chi connectivity index (χ4v) is 3.73. The third-order valence-electron chi connectivity index (χ3n) is 4.92. The molecule has 0 aliphatic rings. The van der Waals surface area contributed by atoms with Gasteiger partial charge in [-0.3, -0.25) is 0 Å². The third-order valence-corrected chi connectivity index (χ3v) is 4.92. The first-order valence-electron chi connectivity index (χ1n) is 9.75. The second-order valence-corrected chi connectivity index (χ2v) is 6.95. The van der Waals surface area contributed by atoms with Gasteiger partial charge in [0.1, 0.15) is 11.6 Å². The summed E-state index contributed by atoms with van der Waals surface area (Å²) >= 11 is 0. The maximum atomic E-state index is 14.3. The molecule has 0 amide bonds. The normalized spacial score (nSPS) is 10.6. The second-order valence-electron chi connectivity index (χ2n) is 6.95. The number of allylic oxidation sites excluding steroid dienone is 1. The SMILES string of the molecule is C=CC.Fc1ccc(F)c(-c2cccc(-n3c4ccccc4c4ccccc43)c2)c1. The highest BCUT2D eigenvalue weighted by atomic mass is 19.1. The van der Waals surface area contributed by atoms with Gasteiger partial charge in [0.2, 0.25) is 0 Å². The van der Waals surface area contributed by atoms with Crippen LogP contribution >= 0.6 is 0 Å². The van der Waals surface area contributed by atoms with Crippen LogP contribution in [0.5, 0.6) is 0 Å². The summed E-state index contributed by atoms with van der Waals surface area (Å²) in [6.45, 7) is 5.25. The Hall–Kier alpha value is -3.72. The van der Waals surface area contributed by atoms with Gasteiger partial charge in [-0.2, -0.15) is 0 Å². The molecule has 0 N–H and O–H groups in total. The van der Waals surface area contributed by atoms with Crippen LogP contribution in [-0.4, -0.2) is 4.57 Å². The Morgan fingerprint density at radius 2 is 1.33 bits per heavy atom. The summed E-state index contributed by atoms with van der Waals surface area (Å²) in [5, 5.41) is 2.32. The smallest absolute Gasteiger partial charge is 0.131 e. The molecule has 1 aromatic heterocycles. The van der Waals surface area contributed by atoms with Crippen molar-refractivity contribution in [1.29, 1.82) is 0 Å². The van der Waals surface area contributed by atoms with Gasteiger partial charge in [-0.15, -0.1) is 6.58 Å². The van der Waals surface area contributed by atoms with Crippen LogP contribution in [0.15, 0.2) is 104 Å². The molecule has 0 spiro atoms. The van der Waals surface area contributed by atoms with Crippen LogP contribution in [0.1, 0.15) is 6.92 Å². The Labute approximate surface area is 174 Å². The lowest BCUT2D eigenvalue weighted by Crippen LogP contribution is -1.95. The van der Waals surface area contributed by atoms with Gasteiger partial charge in [0, 0.05) is 22.0 Å². The van der Waals surface area contributed by atoms with Crippen molar-refractivity contribution in [3.05, 3.63) is 115 Å². The highest BCUT2D eigenvalue weighted by Crippen LogP contribution is 2.33. The topological polar surface area (TPSA) is 4.93 Å². The number of hydrogen-bond acceptors (Lipinski definition) is 0. The summed E-state index contributed by atoms with van der Waals surface area (Å²) in [5.74, 6) is -0.885. The van der Waals surface area contributed by atoms with Crippen LogP contribution in [-0.2, 0) is 0 Å². The van der Waals surface area contributed by atoms with Gasteiger partial charge < -0.3 is 4.57 Å². The van der Waals surface area contributed by atoms with Gasteiger partial charge in [0.15, 0.2) is 0 Å². The first-order valence-corrected chi connectivity index (χ1v) is 9.75. The van der Waals surface area contributed by atoms with E-state index in [1.165, 1.54) is 6.07 Å². The maximum absolute atomic E-state index is 14.3. The molecule has 1 heterocycles. The van der Waals surface area contributed by atoms with E-state index in [0.717, 1.165) is 39.6 Å². The molecule has 0 aliphatic carbocycles. The Morgan fingerprint density at radius 1 is 0.733 bits per heavy atom. The number of benzene rings is 4. The number of para-hydroxylation sites is 2. The Balaban J connectivity index is 0.000000687. The van der Waals surface area contributed by atoms with E-state index in [0.29, 0.717) is 5.56 Å². The molecule has 0 aliphatic heterocycles. The number of halogens is 2. The molecular formula is C27H21F2N. The second kappa shape index (κ2) is 8.34. The molecule has 30 heavy (non-hydrogen) atoms. The largest absolute Gasteiger partial charge is 0.309 e. The zero-order valence-corrected chi connectivity index (χ0v) is 16.6. The third kappa shape index (κ3) is 3.50. The monoisotopic (exact) mass is 397 g/mol. The van der Waals surface area contributed by atoms with E-state index in [1.54, 1.807) is 12.1 Å². The first kappa shape index (κ1) is 19.6. The number of rotatable bonds is 2. The number of hydrogen-bond donors (Lipinski definition) is 0. The molecule has 0 bridgehead atoms. The van der Waals surface area contributed by atoms with Gasteiger partial charge in [-0.25, -0.2) is 8.78 Å². The van der Waals surface area contributed by atoms with Gasteiger partial charge in [-0.1, -0.05) is 54.6 Å². The van der Waals surface area contributed by atoms with E-state index in [2.05, 4.69) is 35.4 Å². The van der Waals surface area contributed by atoms with E-state index in [9.17, 15) is 8.78 Å². The zero-order chi connectivity index (χ0) is 21.1. The van der Waals surface area contributed by atoms with Crippen LogP contribution in [0.3, 0.4) is 0 Å². The number of fused-ring (bicyclic) bond motifs is 3. The summed E-state index contributed by atoms with van der Waals surface area (Å²) < 4.78 is 30.1. The highest BCUT2D eigenvalue weighted by Gasteiger charge is 2.13. The molecule has 0 fully saturated rings. The Morgan fingerprint density at radius 3 is 1.97 bits per heavy atom. The van der Waals surface area contributed by atoms with E-state index >= 15 is 0 Å². The van der Waals surface area contributed by atoms with Gasteiger partial charge in [-0.05, 0) is 55.0 Å². The fourth-order valence-electron chi connectivity index (χ4n) is 3.73.